The zero-order chi connectivity index (χ0) is 14.5. The molecule has 3 rings (SSSR count). The average Bonchev–Trinajstić information content (AvgIpc) is 2.59. The molecule has 0 atom stereocenters. The number of hydrogen-bond donors (Lipinski definition) is 0. The van der Waals surface area contributed by atoms with Gasteiger partial charge >= 0.3 is 29.6 Å². The number of rotatable bonds is 4. The zero-order valence-corrected chi connectivity index (χ0v) is 14.6. The average molecular weight is 296 g/mol. The second-order valence-corrected chi connectivity index (χ2v) is 5.02. The Balaban J connectivity index is 0.00000132. The van der Waals surface area contributed by atoms with Crippen molar-refractivity contribution in [1.82, 2.24) is 0 Å². The maximum absolute atomic E-state index is 12.2. The van der Waals surface area contributed by atoms with E-state index in [0.717, 1.165) is 23.0 Å². The summed E-state index contributed by atoms with van der Waals surface area (Å²) in [5.74, 6) is 0. The van der Waals surface area contributed by atoms with Crippen LogP contribution in [-0.4, -0.2) is 6.29 Å². The number of aldehydes is 1. The SMILES string of the molecule is O=CC(c1ccccc1)(c1ccccc1)c1ccccc1.[H-].[Na+]. The van der Waals surface area contributed by atoms with Crippen molar-refractivity contribution in [2.45, 2.75) is 5.41 Å². The Bertz CT molecular complexity index is 618. The van der Waals surface area contributed by atoms with Crippen LogP contribution in [0.15, 0.2) is 91.0 Å². The molecule has 0 saturated carbocycles. The molecule has 0 saturated heterocycles. The van der Waals surface area contributed by atoms with E-state index < -0.39 is 5.41 Å². The number of benzene rings is 3. The monoisotopic (exact) mass is 296 g/mol. The molecule has 2 heteroatoms. The first-order valence-corrected chi connectivity index (χ1v) is 7.01. The molecule has 0 aromatic heterocycles. The van der Waals surface area contributed by atoms with E-state index in [4.69, 9.17) is 0 Å². The van der Waals surface area contributed by atoms with Crippen LogP contribution in [0.1, 0.15) is 18.1 Å². The van der Waals surface area contributed by atoms with Gasteiger partial charge in [-0.3, -0.25) is 0 Å². The molecule has 0 aliphatic heterocycles. The zero-order valence-electron chi connectivity index (χ0n) is 13.6. The van der Waals surface area contributed by atoms with Crippen LogP contribution in [-0.2, 0) is 10.2 Å². The van der Waals surface area contributed by atoms with Crippen LogP contribution in [0.25, 0.3) is 0 Å². The molecule has 104 valence electrons. The predicted octanol–water partition coefficient (Wildman–Crippen LogP) is 1.34. The molecule has 3 aromatic carbocycles. The third-order valence-electron chi connectivity index (χ3n) is 3.86. The minimum atomic E-state index is -0.760. The Labute approximate surface area is 154 Å². The Morgan fingerprint density at radius 1 is 0.591 bits per heavy atom. The van der Waals surface area contributed by atoms with Crippen molar-refractivity contribution >= 4 is 6.29 Å². The molecule has 0 bridgehead atoms. The standard InChI is InChI=1S/C20H16O.Na.H/c21-16-20(17-10-4-1-5-11-17,18-12-6-2-7-13-18)19-14-8-3-9-15-19;;/h1-16H;;/q;+1;-1. The van der Waals surface area contributed by atoms with E-state index in [0.29, 0.717) is 0 Å². The predicted molar refractivity (Wildman–Crippen MR) is 86.4 cm³/mol. The molecule has 0 aliphatic rings. The second kappa shape index (κ2) is 7.55. The molecule has 0 N–H and O–H groups in total. The van der Waals surface area contributed by atoms with Crippen molar-refractivity contribution in [3.05, 3.63) is 108 Å². The van der Waals surface area contributed by atoms with Crippen molar-refractivity contribution in [3.63, 3.8) is 0 Å². The van der Waals surface area contributed by atoms with E-state index in [2.05, 4.69) is 0 Å². The van der Waals surface area contributed by atoms with E-state index in [1.54, 1.807) is 0 Å². The minimum Gasteiger partial charge on any atom is -1.00 e. The molecule has 1 nitrogen and oxygen atoms in total. The van der Waals surface area contributed by atoms with Crippen LogP contribution < -0.4 is 29.6 Å². The summed E-state index contributed by atoms with van der Waals surface area (Å²) < 4.78 is 0. The summed E-state index contributed by atoms with van der Waals surface area (Å²) in [4.78, 5) is 12.2. The van der Waals surface area contributed by atoms with Gasteiger partial charge in [0.1, 0.15) is 11.7 Å². The van der Waals surface area contributed by atoms with E-state index in [9.17, 15) is 4.79 Å². The smallest absolute Gasteiger partial charge is 1.00 e. The Morgan fingerprint density at radius 3 is 1.09 bits per heavy atom. The summed E-state index contributed by atoms with van der Waals surface area (Å²) in [5.41, 5.74) is 2.19. The maximum Gasteiger partial charge on any atom is 1.00 e. The first-order valence-electron chi connectivity index (χ1n) is 7.01. The van der Waals surface area contributed by atoms with Gasteiger partial charge in [-0.05, 0) is 16.7 Å². The van der Waals surface area contributed by atoms with Gasteiger partial charge in [0.2, 0.25) is 0 Å². The van der Waals surface area contributed by atoms with Crippen LogP contribution in [0, 0.1) is 0 Å². The van der Waals surface area contributed by atoms with Gasteiger partial charge in [0.15, 0.2) is 0 Å². The number of carbonyl (C=O) groups excluding carboxylic acids is 1. The summed E-state index contributed by atoms with van der Waals surface area (Å²) >= 11 is 0. The first-order chi connectivity index (χ1) is 10.4. The van der Waals surface area contributed by atoms with Crippen molar-refractivity contribution in [2.75, 3.05) is 0 Å². The first kappa shape index (κ1) is 16.7. The third kappa shape index (κ3) is 2.93. The fraction of sp³-hybridized carbons (Fsp3) is 0.0500. The van der Waals surface area contributed by atoms with E-state index in [1.165, 1.54) is 0 Å². The van der Waals surface area contributed by atoms with Crippen LogP contribution >= 0.6 is 0 Å². The summed E-state index contributed by atoms with van der Waals surface area (Å²) in [6.07, 6.45) is 1.05. The van der Waals surface area contributed by atoms with E-state index >= 15 is 0 Å². The van der Waals surface area contributed by atoms with E-state index in [-0.39, 0.29) is 31.0 Å². The van der Waals surface area contributed by atoms with Gasteiger partial charge in [-0.15, -0.1) is 0 Å². The van der Waals surface area contributed by atoms with Gasteiger partial charge in [0, 0.05) is 0 Å². The minimum absolute atomic E-state index is 0. The molecular formula is C20H17NaO. The quantitative estimate of drug-likeness (QED) is 0.403. The molecule has 22 heavy (non-hydrogen) atoms. The molecule has 0 fully saturated rings. The van der Waals surface area contributed by atoms with Crippen LogP contribution in [0.5, 0.6) is 0 Å². The molecule has 0 amide bonds. The van der Waals surface area contributed by atoms with Gasteiger partial charge in [0.25, 0.3) is 0 Å². The van der Waals surface area contributed by atoms with E-state index in [1.807, 2.05) is 91.0 Å². The molecule has 0 heterocycles. The largest absolute Gasteiger partial charge is 1.00 e. The van der Waals surface area contributed by atoms with Crippen molar-refractivity contribution in [3.8, 4) is 0 Å². The van der Waals surface area contributed by atoms with Gasteiger partial charge in [-0.1, -0.05) is 91.0 Å². The van der Waals surface area contributed by atoms with Gasteiger partial charge < -0.3 is 6.22 Å². The molecule has 0 unspecified atom stereocenters. The molecule has 0 spiro atoms. The Hall–Kier alpha value is -1.67. The normalized spacial score (nSPS) is 10.5. The number of carbonyl (C=O) groups is 1. The van der Waals surface area contributed by atoms with Crippen molar-refractivity contribution in [2.24, 2.45) is 0 Å². The summed E-state index contributed by atoms with van der Waals surface area (Å²) in [5, 5.41) is 0. The Kier molecular flexibility index (Phi) is 5.73. The summed E-state index contributed by atoms with van der Waals surface area (Å²) in [6.45, 7) is 0. The summed E-state index contributed by atoms with van der Waals surface area (Å²) in [7, 11) is 0. The topological polar surface area (TPSA) is 17.1 Å². The third-order valence-corrected chi connectivity index (χ3v) is 3.86. The fourth-order valence-corrected chi connectivity index (χ4v) is 2.81. The fourth-order valence-electron chi connectivity index (χ4n) is 2.81. The molecular weight excluding hydrogens is 279 g/mol. The molecule has 0 radical (unpaired) electrons. The van der Waals surface area contributed by atoms with Gasteiger partial charge in [0.05, 0.1) is 0 Å². The van der Waals surface area contributed by atoms with Crippen LogP contribution in [0.2, 0.25) is 0 Å². The molecule has 3 aromatic rings. The van der Waals surface area contributed by atoms with Crippen LogP contribution in [0.3, 0.4) is 0 Å². The van der Waals surface area contributed by atoms with Gasteiger partial charge in [-0.25, -0.2) is 0 Å². The van der Waals surface area contributed by atoms with Crippen LogP contribution in [0.4, 0.5) is 0 Å². The maximum atomic E-state index is 12.2. The molecule has 0 aliphatic carbocycles. The Morgan fingerprint density at radius 2 is 0.864 bits per heavy atom. The number of hydrogen-bond acceptors (Lipinski definition) is 1. The second-order valence-electron chi connectivity index (χ2n) is 5.02. The summed E-state index contributed by atoms with van der Waals surface area (Å²) in [6, 6.07) is 29.8. The van der Waals surface area contributed by atoms with Gasteiger partial charge in [-0.2, -0.15) is 0 Å². The van der Waals surface area contributed by atoms with Crippen molar-refractivity contribution in [1.29, 1.82) is 0 Å². The van der Waals surface area contributed by atoms with Crippen molar-refractivity contribution < 1.29 is 35.8 Å².